The minimum Gasteiger partial charge on any atom is -0.282 e. The largest absolute Gasteiger partial charge is 0.294 e. The molecule has 0 spiro atoms. The van der Waals surface area contributed by atoms with Crippen molar-refractivity contribution in [1.29, 1.82) is 0 Å². The van der Waals surface area contributed by atoms with E-state index >= 15 is 0 Å². The molecule has 0 aliphatic rings. The second-order valence-corrected chi connectivity index (χ2v) is 12.8. The van der Waals surface area contributed by atoms with Crippen molar-refractivity contribution < 1.29 is 13.0 Å². The van der Waals surface area contributed by atoms with Gasteiger partial charge in [0.25, 0.3) is 10.1 Å². The molecule has 0 fully saturated rings. The maximum atomic E-state index is 11.9. The maximum absolute atomic E-state index is 11.9. The van der Waals surface area contributed by atoms with Crippen molar-refractivity contribution >= 4 is 10.1 Å². The molecule has 1 rings (SSSR count). The zero-order chi connectivity index (χ0) is 26.7. The van der Waals surface area contributed by atoms with Crippen molar-refractivity contribution in [1.82, 2.24) is 0 Å². The van der Waals surface area contributed by atoms with Crippen LogP contribution in [0.4, 0.5) is 0 Å². The Kier molecular flexibility index (Phi) is 17.7. The van der Waals surface area contributed by atoms with E-state index in [9.17, 15) is 13.0 Å². The first-order valence-electron chi connectivity index (χ1n) is 15.4. The van der Waals surface area contributed by atoms with Crippen molar-refractivity contribution in [3.63, 3.8) is 0 Å². The summed E-state index contributed by atoms with van der Waals surface area (Å²) in [6.45, 7) is 9.18. The average molecular weight is 523 g/mol. The van der Waals surface area contributed by atoms with E-state index in [-0.39, 0.29) is 10.3 Å². The van der Waals surface area contributed by atoms with E-state index in [0.717, 1.165) is 31.2 Å². The fraction of sp³-hybridized carbons (Fsp3) is 0.812. The first kappa shape index (κ1) is 33.2. The summed E-state index contributed by atoms with van der Waals surface area (Å²) in [5, 5.41) is 0. The van der Waals surface area contributed by atoms with Gasteiger partial charge in [-0.1, -0.05) is 143 Å². The number of hydrogen-bond donors (Lipinski definition) is 1. The topological polar surface area (TPSA) is 54.4 Å². The molecule has 0 amide bonds. The van der Waals surface area contributed by atoms with Gasteiger partial charge in [-0.3, -0.25) is 4.55 Å². The first-order chi connectivity index (χ1) is 17.3. The van der Waals surface area contributed by atoms with Gasteiger partial charge in [0.05, 0.1) is 4.90 Å². The van der Waals surface area contributed by atoms with E-state index in [1.165, 1.54) is 115 Å². The third-order valence-electron chi connectivity index (χ3n) is 7.99. The van der Waals surface area contributed by atoms with Crippen molar-refractivity contribution in [2.75, 3.05) is 0 Å². The molecule has 4 heteroatoms. The molecule has 1 aromatic rings. The van der Waals surface area contributed by atoms with E-state index in [1.807, 2.05) is 6.07 Å². The van der Waals surface area contributed by atoms with Gasteiger partial charge >= 0.3 is 0 Å². The minimum absolute atomic E-state index is 0.0497. The molecular formula is C32H58O3S. The lowest BCUT2D eigenvalue weighted by Gasteiger charge is -2.33. The molecule has 1 aromatic carbocycles. The van der Waals surface area contributed by atoms with E-state index in [1.54, 1.807) is 12.1 Å². The van der Waals surface area contributed by atoms with Crippen LogP contribution in [0.1, 0.15) is 167 Å². The molecule has 0 aliphatic carbocycles. The highest BCUT2D eigenvalue weighted by Gasteiger charge is 2.29. The number of benzene rings is 1. The van der Waals surface area contributed by atoms with Crippen LogP contribution >= 0.6 is 0 Å². The molecule has 0 saturated carbocycles. The zero-order valence-electron chi connectivity index (χ0n) is 24.3. The lowest BCUT2D eigenvalue weighted by Crippen LogP contribution is -2.24. The summed E-state index contributed by atoms with van der Waals surface area (Å²) in [5.74, 6) is 0. The second-order valence-electron chi connectivity index (χ2n) is 11.4. The Balaban J connectivity index is 3.03. The summed E-state index contributed by atoms with van der Waals surface area (Å²) in [6.07, 6.45) is 26.0. The maximum Gasteiger partial charge on any atom is 0.294 e. The average Bonchev–Trinajstić information content (AvgIpc) is 2.85. The molecule has 1 N–H and O–H groups in total. The summed E-state index contributed by atoms with van der Waals surface area (Å²) in [5.41, 5.74) is 2.52. The second kappa shape index (κ2) is 19.2. The Morgan fingerprint density at radius 2 is 1.06 bits per heavy atom. The normalized spacial score (nSPS) is 12.4. The first-order valence-corrected chi connectivity index (χ1v) is 16.8. The summed E-state index contributed by atoms with van der Waals surface area (Å²) in [7, 11) is -4.19. The van der Waals surface area contributed by atoms with Crippen LogP contribution in [0.5, 0.6) is 0 Å². The Hall–Kier alpha value is -0.870. The van der Waals surface area contributed by atoms with Crippen molar-refractivity contribution in [3.05, 3.63) is 29.3 Å². The van der Waals surface area contributed by atoms with Gasteiger partial charge in [-0.2, -0.15) is 8.42 Å². The predicted octanol–water partition coefficient (Wildman–Crippen LogP) is 10.6. The highest BCUT2D eigenvalue weighted by molar-refractivity contribution is 7.85. The van der Waals surface area contributed by atoms with Gasteiger partial charge in [-0.25, -0.2) is 0 Å². The van der Waals surface area contributed by atoms with Crippen LogP contribution in [0.15, 0.2) is 23.1 Å². The van der Waals surface area contributed by atoms with Gasteiger partial charge in [-0.15, -0.1) is 0 Å². The summed E-state index contributed by atoms with van der Waals surface area (Å²) in [6, 6.07) is 5.44. The number of rotatable bonds is 23. The van der Waals surface area contributed by atoms with Crippen LogP contribution in [-0.4, -0.2) is 13.0 Å². The van der Waals surface area contributed by atoms with Crippen molar-refractivity contribution in [2.45, 2.75) is 173 Å². The molecular weight excluding hydrogens is 464 g/mol. The molecule has 0 aliphatic heterocycles. The van der Waals surface area contributed by atoms with E-state index in [0.29, 0.717) is 0 Å². The van der Waals surface area contributed by atoms with Crippen LogP contribution in [0.2, 0.25) is 0 Å². The fourth-order valence-electron chi connectivity index (χ4n) is 5.61. The molecule has 3 nitrogen and oxygen atoms in total. The Bertz CT molecular complexity index is 769. The third kappa shape index (κ3) is 13.6. The molecule has 0 bridgehead atoms. The highest BCUT2D eigenvalue weighted by atomic mass is 32.2. The summed E-state index contributed by atoms with van der Waals surface area (Å²) < 4.78 is 33.6. The molecule has 36 heavy (non-hydrogen) atoms. The number of unbranched alkanes of at least 4 members (excludes halogenated alkanes) is 15. The van der Waals surface area contributed by atoms with Gasteiger partial charge in [-0.05, 0) is 54.4 Å². The van der Waals surface area contributed by atoms with E-state index < -0.39 is 10.1 Å². The van der Waals surface area contributed by atoms with Crippen LogP contribution in [0, 0.1) is 0 Å². The van der Waals surface area contributed by atoms with Crippen LogP contribution in [0.3, 0.4) is 0 Å². The van der Waals surface area contributed by atoms with Gasteiger partial charge in [0.15, 0.2) is 0 Å². The molecule has 0 saturated heterocycles. The Labute approximate surface area is 225 Å². The van der Waals surface area contributed by atoms with Gasteiger partial charge < -0.3 is 0 Å². The van der Waals surface area contributed by atoms with Gasteiger partial charge in [0, 0.05) is 0 Å². The lowest BCUT2D eigenvalue weighted by atomic mass is 9.72. The lowest BCUT2D eigenvalue weighted by molar-refractivity contribution is 0.359. The van der Waals surface area contributed by atoms with Gasteiger partial charge in [0.1, 0.15) is 0 Å². The fourth-order valence-corrected chi connectivity index (χ4v) is 6.14. The third-order valence-corrected chi connectivity index (χ3v) is 8.84. The van der Waals surface area contributed by atoms with Crippen LogP contribution < -0.4 is 0 Å². The standard InChI is InChI=1S/C32H58O3S/c1-5-8-11-14-17-20-23-29-28-30(36(33,34)35)24-25-31(29)32(4,26-21-18-15-12-9-6-2)27-22-19-16-13-10-7-3/h24-25,28H,5-23,26-27H2,1-4H3,(H,33,34,35). The van der Waals surface area contributed by atoms with E-state index in [2.05, 4.69) is 27.7 Å². The molecule has 0 unspecified atom stereocenters. The summed E-state index contributed by atoms with van der Waals surface area (Å²) >= 11 is 0. The van der Waals surface area contributed by atoms with Gasteiger partial charge in [0.2, 0.25) is 0 Å². The molecule has 0 atom stereocenters. The number of hydrogen-bond acceptors (Lipinski definition) is 2. The molecule has 210 valence electrons. The quantitative estimate of drug-likeness (QED) is 0.115. The Morgan fingerprint density at radius 1 is 0.639 bits per heavy atom. The monoisotopic (exact) mass is 522 g/mol. The van der Waals surface area contributed by atoms with Crippen LogP contribution in [-0.2, 0) is 22.0 Å². The smallest absolute Gasteiger partial charge is 0.282 e. The predicted molar refractivity (Wildman–Crippen MR) is 157 cm³/mol. The Morgan fingerprint density at radius 3 is 1.50 bits per heavy atom. The van der Waals surface area contributed by atoms with Crippen molar-refractivity contribution in [2.24, 2.45) is 0 Å². The highest BCUT2D eigenvalue weighted by Crippen LogP contribution is 2.39. The number of aryl methyl sites for hydroxylation is 1. The van der Waals surface area contributed by atoms with E-state index in [4.69, 9.17) is 0 Å². The molecule has 0 radical (unpaired) electrons. The van der Waals surface area contributed by atoms with Crippen LogP contribution in [0.25, 0.3) is 0 Å². The SMILES string of the molecule is CCCCCCCCc1cc(S(=O)(=O)O)ccc1C(C)(CCCCCCCC)CCCCCCCC. The molecule has 0 heterocycles. The summed E-state index contributed by atoms with van der Waals surface area (Å²) in [4.78, 5) is 0.0497. The zero-order valence-corrected chi connectivity index (χ0v) is 25.1. The van der Waals surface area contributed by atoms with Crippen molar-refractivity contribution in [3.8, 4) is 0 Å². The molecule has 0 aromatic heterocycles. The minimum atomic E-state index is -4.19.